The summed E-state index contributed by atoms with van der Waals surface area (Å²) in [5.41, 5.74) is 7.15. The molecule has 1 heterocycles. The lowest BCUT2D eigenvalue weighted by molar-refractivity contribution is 0.167. The lowest BCUT2D eigenvalue weighted by Crippen LogP contribution is -2.38. The summed E-state index contributed by atoms with van der Waals surface area (Å²) in [4.78, 5) is 8.12. The first kappa shape index (κ1) is 14.0. The number of nitrogens with zero attached hydrogens (tertiary/aromatic N) is 2. The smallest absolute Gasteiger partial charge is 0.114 e. The van der Waals surface area contributed by atoms with Gasteiger partial charge in [-0.3, -0.25) is 4.98 Å². The van der Waals surface area contributed by atoms with Crippen LogP contribution in [0.15, 0.2) is 53.9 Å². The third kappa shape index (κ3) is 4.63. The van der Waals surface area contributed by atoms with Crippen molar-refractivity contribution >= 4 is 11.8 Å². The fraction of sp³-hybridized carbons (Fsp3) is 0.286. The van der Waals surface area contributed by atoms with Crippen LogP contribution in [0.25, 0.3) is 0 Å². The zero-order valence-corrected chi connectivity index (χ0v) is 11.3. The van der Waals surface area contributed by atoms with Gasteiger partial charge in [-0.2, -0.15) is 0 Å². The van der Waals surface area contributed by atoms with Crippen LogP contribution in [0.1, 0.15) is 5.56 Å². The molecule has 0 aliphatic carbocycles. The molecule has 5 heteroatoms. The summed E-state index contributed by atoms with van der Waals surface area (Å²) >= 11 is 1.46. The number of aliphatic hydroxyl groups is 1. The molecule has 0 bridgehead atoms. The Morgan fingerprint density at radius 1 is 1.21 bits per heavy atom. The maximum absolute atomic E-state index is 10.0. The van der Waals surface area contributed by atoms with E-state index in [9.17, 15) is 5.11 Å². The number of rotatable bonds is 6. The predicted octanol–water partition coefficient (Wildman–Crippen LogP) is 1.50. The number of hydrogen-bond donors (Lipinski definition) is 2. The maximum Gasteiger partial charge on any atom is 0.114 e. The van der Waals surface area contributed by atoms with Gasteiger partial charge in [-0.25, -0.2) is 4.98 Å². The molecule has 1 aromatic heterocycles. The number of aromatic nitrogens is 2. The van der Waals surface area contributed by atoms with Gasteiger partial charge in [-0.15, -0.1) is 11.8 Å². The number of aliphatic hydroxyl groups excluding tert-OH is 1. The minimum Gasteiger partial charge on any atom is -0.391 e. The first-order valence-corrected chi connectivity index (χ1v) is 7.10. The van der Waals surface area contributed by atoms with Gasteiger partial charge in [0.1, 0.15) is 5.03 Å². The van der Waals surface area contributed by atoms with Gasteiger partial charge in [0.25, 0.3) is 0 Å². The lowest BCUT2D eigenvalue weighted by Gasteiger charge is -2.18. The van der Waals surface area contributed by atoms with Gasteiger partial charge in [0.2, 0.25) is 0 Å². The first-order chi connectivity index (χ1) is 9.25. The molecule has 0 amide bonds. The molecule has 2 rings (SSSR count). The molecule has 0 radical (unpaired) electrons. The molecule has 2 atom stereocenters. The van der Waals surface area contributed by atoms with E-state index in [1.807, 2.05) is 30.3 Å². The van der Waals surface area contributed by atoms with E-state index in [4.69, 9.17) is 5.73 Å². The van der Waals surface area contributed by atoms with Crippen molar-refractivity contribution in [3.05, 3.63) is 54.5 Å². The van der Waals surface area contributed by atoms with Gasteiger partial charge in [0.15, 0.2) is 0 Å². The maximum atomic E-state index is 10.0. The van der Waals surface area contributed by atoms with E-state index in [1.54, 1.807) is 18.6 Å². The Morgan fingerprint density at radius 3 is 2.68 bits per heavy atom. The molecule has 0 aliphatic rings. The number of hydrogen-bond acceptors (Lipinski definition) is 5. The van der Waals surface area contributed by atoms with Gasteiger partial charge in [-0.1, -0.05) is 30.3 Å². The van der Waals surface area contributed by atoms with Crippen molar-refractivity contribution in [1.82, 2.24) is 9.97 Å². The summed E-state index contributed by atoms with van der Waals surface area (Å²) < 4.78 is 0. The normalized spacial score (nSPS) is 14.0. The highest BCUT2D eigenvalue weighted by Gasteiger charge is 2.15. The second kappa shape index (κ2) is 7.23. The van der Waals surface area contributed by atoms with Crippen molar-refractivity contribution in [2.24, 2.45) is 5.73 Å². The highest BCUT2D eigenvalue weighted by molar-refractivity contribution is 7.99. The van der Waals surface area contributed by atoms with Gasteiger partial charge >= 0.3 is 0 Å². The van der Waals surface area contributed by atoms with Crippen LogP contribution in [0.3, 0.4) is 0 Å². The predicted molar refractivity (Wildman–Crippen MR) is 76.9 cm³/mol. The molecule has 19 heavy (non-hydrogen) atoms. The van der Waals surface area contributed by atoms with Crippen LogP contribution in [-0.2, 0) is 6.42 Å². The van der Waals surface area contributed by atoms with E-state index >= 15 is 0 Å². The molecule has 1 aromatic carbocycles. The van der Waals surface area contributed by atoms with Crippen molar-refractivity contribution < 1.29 is 5.11 Å². The Labute approximate surface area is 117 Å². The van der Waals surface area contributed by atoms with E-state index in [1.165, 1.54) is 11.8 Å². The van der Waals surface area contributed by atoms with Crippen molar-refractivity contribution in [1.29, 1.82) is 0 Å². The minimum atomic E-state index is -0.563. The topological polar surface area (TPSA) is 72.0 Å². The second-order valence-electron chi connectivity index (χ2n) is 4.28. The summed E-state index contributed by atoms with van der Waals surface area (Å²) in [6.07, 6.45) is 5.05. The summed E-state index contributed by atoms with van der Waals surface area (Å²) in [5, 5.41) is 10.8. The molecular weight excluding hydrogens is 258 g/mol. The van der Waals surface area contributed by atoms with Crippen LogP contribution < -0.4 is 5.73 Å². The Kier molecular flexibility index (Phi) is 5.32. The summed E-state index contributed by atoms with van der Waals surface area (Å²) in [5.74, 6) is 0.521. The molecule has 100 valence electrons. The minimum absolute atomic E-state index is 0.272. The average Bonchev–Trinajstić information content (AvgIpc) is 2.47. The molecule has 2 unspecified atom stereocenters. The molecule has 0 fully saturated rings. The lowest BCUT2D eigenvalue weighted by atomic mass is 10.0. The van der Waals surface area contributed by atoms with Crippen molar-refractivity contribution in [2.45, 2.75) is 23.6 Å². The van der Waals surface area contributed by atoms with Gasteiger partial charge in [0.05, 0.1) is 12.3 Å². The van der Waals surface area contributed by atoms with E-state index in [0.29, 0.717) is 12.2 Å². The SMILES string of the molecule is NC(Cc1ccccc1)C(O)CSc1cnccn1. The van der Waals surface area contributed by atoms with Gasteiger partial charge < -0.3 is 10.8 Å². The number of thioether (sulfide) groups is 1. The molecular formula is C14H17N3OS. The van der Waals surface area contributed by atoms with Crippen LogP contribution in [0, 0.1) is 0 Å². The van der Waals surface area contributed by atoms with Crippen molar-refractivity contribution in [2.75, 3.05) is 5.75 Å². The highest BCUT2D eigenvalue weighted by Crippen LogP contribution is 2.16. The van der Waals surface area contributed by atoms with E-state index < -0.39 is 6.10 Å². The Balaban J connectivity index is 1.81. The monoisotopic (exact) mass is 275 g/mol. The van der Waals surface area contributed by atoms with Gasteiger partial charge in [0, 0.05) is 24.2 Å². The average molecular weight is 275 g/mol. The summed E-state index contributed by atoms with van der Waals surface area (Å²) in [6.45, 7) is 0. The second-order valence-corrected chi connectivity index (χ2v) is 5.32. The molecule has 4 nitrogen and oxygen atoms in total. The third-order valence-corrected chi connectivity index (χ3v) is 3.76. The molecule has 0 aliphatic heterocycles. The van der Waals surface area contributed by atoms with Crippen LogP contribution in [0.2, 0.25) is 0 Å². The van der Waals surface area contributed by atoms with Gasteiger partial charge in [-0.05, 0) is 12.0 Å². The first-order valence-electron chi connectivity index (χ1n) is 6.12. The quantitative estimate of drug-likeness (QED) is 0.782. The summed E-state index contributed by atoms with van der Waals surface area (Å²) in [6, 6.07) is 9.68. The fourth-order valence-corrected chi connectivity index (χ4v) is 2.54. The van der Waals surface area contributed by atoms with Crippen LogP contribution in [0.5, 0.6) is 0 Å². The summed E-state index contributed by atoms with van der Waals surface area (Å²) in [7, 11) is 0. The van der Waals surface area contributed by atoms with E-state index in [-0.39, 0.29) is 6.04 Å². The zero-order chi connectivity index (χ0) is 13.5. The van der Waals surface area contributed by atoms with Crippen LogP contribution in [-0.4, -0.2) is 33.0 Å². The van der Waals surface area contributed by atoms with E-state index in [2.05, 4.69) is 9.97 Å². The largest absolute Gasteiger partial charge is 0.391 e. The third-order valence-electron chi connectivity index (χ3n) is 2.75. The van der Waals surface area contributed by atoms with Crippen molar-refractivity contribution in [3.63, 3.8) is 0 Å². The fourth-order valence-electron chi connectivity index (χ4n) is 1.68. The molecule has 2 aromatic rings. The Morgan fingerprint density at radius 2 is 2.00 bits per heavy atom. The Hall–Kier alpha value is -1.43. The standard InChI is InChI=1S/C14H17N3OS/c15-12(8-11-4-2-1-3-5-11)13(18)10-19-14-9-16-6-7-17-14/h1-7,9,12-13,18H,8,10,15H2. The van der Waals surface area contributed by atoms with Crippen LogP contribution >= 0.6 is 11.8 Å². The van der Waals surface area contributed by atoms with E-state index in [0.717, 1.165) is 10.6 Å². The number of nitrogens with two attached hydrogens (primary N) is 1. The highest BCUT2D eigenvalue weighted by atomic mass is 32.2. The Bertz CT molecular complexity index is 481. The molecule has 0 spiro atoms. The molecule has 3 N–H and O–H groups in total. The molecule has 0 saturated carbocycles. The molecule has 0 saturated heterocycles. The van der Waals surface area contributed by atoms with Crippen LogP contribution in [0.4, 0.5) is 0 Å². The van der Waals surface area contributed by atoms with Crippen molar-refractivity contribution in [3.8, 4) is 0 Å². The zero-order valence-electron chi connectivity index (χ0n) is 10.5. The number of benzene rings is 1.